The largest absolute Gasteiger partial charge is 0.315 e. The van der Waals surface area contributed by atoms with Gasteiger partial charge in [0, 0.05) is 16.3 Å². The zero-order chi connectivity index (χ0) is 9.14. The molecule has 0 aliphatic rings. The molecule has 1 N–H and O–H groups in total. The van der Waals surface area contributed by atoms with Crippen molar-refractivity contribution in [2.75, 3.05) is 7.05 Å². The van der Waals surface area contributed by atoms with Gasteiger partial charge in [0.25, 0.3) is 0 Å². The maximum absolute atomic E-state index is 13.2. The molecular weight excluding hydrogens is 173 g/mol. The fraction of sp³-hybridized carbons (Fsp3) is 0.556. The quantitative estimate of drug-likeness (QED) is 0.767. The van der Waals surface area contributed by atoms with Crippen molar-refractivity contribution in [3.05, 3.63) is 21.6 Å². The Labute approximate surface area is 76.6 Å². The smallest absolute Gasteiger partial charge is 0.137 e. The van der Waals surface area contributed by atoms with Crippen LogP contribution < -0.4 is 5.32 Å². The average molecular weight is 187 g/mol. The predicted octanol–water partition coefficient (Wildman–Crippen LogP) is 2.73. The summed E-state index contributed by atoms with van der Waals surface area (Å²) >= 11 is 1.55. The first kappa shape index (κ1) is 9.68. The third-order valence-corrected chi connectivity index (χ3v) is 3.05. The van der Waals surface area contributed by atoms with E-state index in [1.165, 1.54) is 0 Å². The van der Waals surface area contributed by atoms with E-state index in [1.807, 2.05) is 20.9 Å². The summed E-state index contributed by atoms with van der Waals surface area (Å²) in [6.45, 7) is 4.78. The van der Waals surface area contributed by atoms with Crippen molar-refractivity contribution in [1.82, 2.24) is 5.32 Å². The highest BCUT2D eigenvalue weighted by Gasteiger charge is 2.10. The number of halogens is 1. The molecule has 0 atom stereocenters. The predicted molar refractivity (Wildman–Crippen MR) is 51.1 cm³/mol. The summed E-state index contributed by atoms with van der Waals surface area (Å²) in [5, 5.41) is 3.01. The van der Waals surface area contributed by atoms with E-state index in [1.54, 1.807) is 17.4 Å². The van der Waals surface area contributed by atoms with Crippen molar-refractivity contribution in [2.45, 2.75) is 26.3 Å². The van der Waals surface area contributed by atoms with Gasteiger partial charge in [-0.1, -0.05) is 13.8 Å². The summed E-state index contributed by atoms with van der Waals surface area (Å²) in [7, 11) is 1.87. The number of rotatable bonds is 3. The number of nitrogens with one attached hydrogen (secondary N) is 1. The molecule has 0 fully saturated rings. The molecule has 0 aromatic carbocycles. The minimum Gasteiger partial charge on any atom is -0.315 e. The molecule has 1 nitrogen and oxygen atoms in total. The van der Waals surface area contributed by atoms with Gasteiger partial charge in [-0.15, -0.1) is 11.3 Å². The highest BCUT2D eigenvalue weighted by atomic mass is 32.1. The van der Waals surface area contributed by atoms with Gasteiger partial charge in [0.05, 0.1) is 0 Å². The topological polar surface area (TPSA) is 12.0 Å². The molecular formula is C9H14FNS. The monoisotopic (exact) mass is 187 g/mol. The minimum absolute atomic E-state index is 0.0553. The van der Waals surface area contributed by atoms with Gasteiger partial charge in [-0.3, -0.25) is 0 Å². The van der Waals surface area contributed by atoms with Gasteiger partial charge in [-0.2, -0.15) is 0 Å². The third kappa shape index (κ3) is 2.05. The Kier molecular flexibility index (Phi) is 3.23. The molecule has 0 saturated heterocycles. The third-order valence-electron chi connectivity index (χ3n) is 1.64. The second-order valence-electron chi connectivity index (χ2n) is 3.11. The molecule has 0 unspecified atom stereocenters. The summed E-state index contributed by atoms with van der Waals surface area (Å²) < 4.78 is 13.2. The molecule has 0 spiro atoms. The maximum Gasteiger partial charge on any atom is 0.137 e. The zero-order valence-electron chi connectivity index (χ0n) is 7.65. The Morgan fingerprint density at radius 3 is 2.67 bits per heavy atom. The highest BCUT2D eigenvalue weighted by molar-refractivity contribution is 7.12. The van der Waals surface area contributed by atoms with Crippen molar-refractivity contribution < 1.29 is 4.39 Å². The Bertz CT molecular complexity index is 255. The van der Waals surface area contributed by atoms with Gasteiger partial charge < -0.3 is 5.32 Å². The normalized spacial score (nSPS) is 11.1. The van der Waals surface area contributed by atoms with Crippen LogP contribution in [0.1, 0.15) is 29.5 Å². The second-order valence-corrected chi connectivity index (χ2v) is 4.28. The fourth-order valence-corrected chi connectivity index (χ4v) is 2.14. The van der Waals surface area contributed by atoms with Crippen LogP contribution in [-0.2, 0) is 6.54 Å². The van der Waals surface area contributed by atoms with E-state index in [9.17, 15) is 4.39 Å². The van der Waals surface area contributed by atoms with Crippen LogP contribution in [0.25, 0.3) is 0 Å². The molecule has 1 rings (SSSR count). The lowest BCUT2D eigenvalue weighted by Gasteiger charge is -1.98. The molecule has 1 heterocycles. The highest BCUT2D eigenvalue weighted by Crippen LogP contribution is 2.27. The molecule has 3 heteroatoms. The maximum atomic E-state index is 13.2. The van der Waals surface area contributed by atoms with Gasteiger partial charge in [0.2, 0.25) is 0 Å². The Balaban J connectivity index is 2.85. The molecule has 1 aromatic rings. The van der Waals surface area contributed by atoms with Crippen LogP contribution in [0, 0.1) is 5.82 Å². The summed E-state index contributed by atoms with van der Waals surface area (Å²) in [4.78, 5) is 1.93. The first-order chi connectivity index (χ1) is 5.65. The van der Waals surface area contributed by atoms with Crippen molar-refractivity contribution in [3.8, 4) is 0 Å². The van der Waals surface area contributed by atoms with E-state index in [4.69, 9.17) is 0 Å². The first-order valence-corrected chi connectivity index (χ1v) is 4.89. The summed E-state index contributed by atoms with van der Waals surface area (Å²) in [6.07, 6.45) is 0. The first-order valence-electron chi connectivity index (χ1n) is 4.08. The number of thiophene rings is 1. The SMILES string of the molecule is CNCc1cc(F)c(C(C)C)s1. The average Bonchev–Trinajstić information content (AvgIpc) is 2.32. The van der Waals surface area contributed by atoms with E-state index < -0.39 is 0 Å². The Morgan fingerprint density at radius 2 is 2.25 bits per heavy atom. The summed E-state index contributed by atoms with van der Waals surface area (Å²) in [5.74, 6) is 0.237. The molecule has 1 aromatic heterocycles. The molecule has 12 heavy (non-hydrogen) atoms. The molecule has 68 valence electrons. The van der Waals surface area contributed by atoms with E-state index in [2.05, 4.69) is 5.32 Å². The molecule has 0 radical (unpaired) electrons. The minimum atomic E-state index is -0.0553. The van der Waals surface area contributed by atoms with Crippen molar-refractivity contribution in [3.63, 3.8) is 0 Å². The van der Waals surface area contributed by atoms with E-state index >= 15 is 0 Å². The van der Waals surface area contributed by atoms with Crippen molar-refractivity contribution in [1.29, 1.82) is 0 Å². The van der Waals surface area contributed by atoms with E-state index in [0.717, 1.165) is 16.3 Å². The molecule has 0 amide bonds. The van der Waals surface area contributed by atoms with Gasteiger partial charge in [-0.05, 0) is 19.0 Å². The fourth-order valence-electron chi connectivity index (χ4n) is 1.09. The second kappa shape index (κ2) is 4.01. The summed E-state index contributed by atoms with van der Waals surface area (Å²) in [6, 6.07) is 1.62. The van der Waals surface area contributed by atoms with Gasteiger partial charge in [0.1, 0.15) is 5.82 Å². The standard InChI is InChI=1S/C9H14FNS/c1-6(2)9-8(10)4-7(12-9)5-11-3/h4,6,11H,5H2,1-3H3. The Hall–Kier alpha value is -0.410. The number of hydrogen-bond donors (Lipinski definition) is 1. The Morgan fingerprint density at radius 1 is 1.58 bits per heavy atom. The van der Waals surface area contributed by atoms with Crippen LogP contribution >= 0.6 is 11.3 Å². The van der Waals surface area contributed by atoms with Crippen LogP contribution in [0.5, 0.6) is 0 Å². The van der Waals surface area contributed by atoms with Crippen LogP contribution in [0.2, 0.25) is 0 Å². The molecule has 0 bridgehead atoms. The van der Waals surface area contributed by atoms with Crippen LogP contribution in [0.4, 0.5) is 4.39 Å². The molecule has 0 aliphatic heterocycles. The molecule has 0 aliphatic carbocycles. The summed E-state index contributed by atoms with van der Waals surface area (Å²) in [5.41, 5.74) is 0. The van der Waals surface area contributed by atoms with Gasteiger partial charge in [-0.25, -0.2) is 4.39 Å². The van der Waals surface area contributed by atoms with E-state index in [-0.39, 0.29) is 5.82 Å². The van der Waals surface area contributed by atoms with Crippen LogP contribution in [0.15, 0.2) is 6.07 Å². The number of hydrogen-bond acceptors (Lipinski definition) is 2. The lowest BCUT2D eigenvalue weighted by atomic mass is 10.2. The lowest BCUT2D eigenvalue weighted by Crippen LogP contribution is -2.02. The van der Waals surface area contributed by atoms with Crippen molar-refractivity contribution >= 4 is 11.3 Å². The lowest BCUT2D eigenvalue weighted by molar-refractivity contribution is 0.607. The van der Waals surface area contributed by atoms with E-state index in [0.29, 0.717) is 5.92 Å². The van der Waals surface area contributed by atoms with Crippen molar-refractivity contribution in [2.24, 2.45) is 0 Å². The van der Waals surface area contributed by atoms with Crippen LogP contribution in [-0.4, -0.2) is 7.05 Å². The zero-order valence-corrected chi connectivity index (χ0v) is 8.46. The molecule has 0 saturated carbocycles. The van der Waals surface area contributed by atoms with Gasteiger partial charge >= 0.3 is 0 Å². The van der Waals surface area contributed by atoms with Crippen LogP contribution in [0.3, 0.4) is 0 Å². The van der Waals surface area contributed by atoms with Gasteiger partial charge in [0.15, 0.2) is 0 Å².